The van der Waals surface area contributed by atoms with Crippen molar-refractivity contribution < 1.29 is 27.5 Å². The fourth-order valence-electron chi connectivity index (χ4n) is 2.61. The number of ether oxygens (including phenoxy) is 1. The van der Waals surface area contributed by atoms with Crippen LogP contribution in [0.1, 0.15) is 28.4 Å². The molecule has 11 heteroatoms. The highest BCUT2D eigenvalue weighted by atomic mass is 32.2. The summed E-state index contributed by atoms with van der Waals surface area (Å²) in [6.45, 7) is 5.20. The van der Waals surface area contributed by atoms with Gasteiger partial charge in [-0.05, 0) is 43.3 Å². The number of hydrogen-bond donors (Lipinski definition) is 2. The van der Waals surface area contributed by atoms with Gasteiger partial charge in [-0.2, -0.15) is 4.31 Å². The maximum absolute atomic E-state index is 12.5. The molecule has 0 bridgehead atoms. The highest BCUT2D eigenvalue weighted by Gasteiger charge is 2.21. The van der Waals surface area contributed by atoms with Gasteiger partial charge in [-0.3, -0.25) is 14.4 Å². The molecular formula is C20H25N3O6S2. The van der Waals surface area contributed by atoms with Gasteiger partial charge >= 0.3 is 5.97 Å². The zero-order valence-electron chi connectivity index (χ0n) is 17.5. The second-order valence-corrected chi connectivity index (χ2v) is 9.64. The smallest absolute Gasteiger partial charge is 0.325 e. The first kappa shape index (κ1) is 24.5. The molecule has 0 spiro atoms. The Kier molecular flexibility index (Phi) is 8.72. The van der Waals surface area contributed by atoms with Crippen LogP contribution in [0.2, 0.25) is 0 Å². The lowest BCUT2D eigenvalue weighted by Crippen LogP contribution is -2.32. The van der Waals surface area contributed by atoms with Crippen molar-refractivity contribution in [3.05, 3.63) is 46.2 Å². The summed E-state index contributed by atoms with van der Waals surface area (Å²) in [5.74, 6) is -1.73. The van der Waals surface area contributed by atoms with Gasteiger partial charge in [0.1, 0.15) is 6.54 Å². The van der Waals surface area contributed by atoms with Crippen LogP contribution in [0.15, 0.2) is 41.3 Å². The lowest BCUT2D eigenvalue weighted by atomic mass is 10.3. The van der Waals surface area contributed by atoms with E-state index in [9.17, 15) is 22.8 Å². The average molecular weight is 468 g/mol. The summed E-state index contributed by atoms with van der Waals surface area (Å²) in [6.07, 6.45) is 0. The van der Waals surface area contributed by atoms with Crippen molar-refractivity contribution in [3.8, 4) is 0 Å². The van der Waals surface area contributed by atoms with Crippen LogP contribution in [0.3, 0.4) is 0 Å². The topological polar surface area (TPSA) is 122 Å². The van der Waals surface area contributed by atoms with E-state index in [0.29, 0.717) is 23.7 Å². The molecule has 0 radical (unpaired) electrons. The Balaban J connectivity index is 1.80. The first-order valence-electron chi connectivity index (χ1n) is 9.57. The summed E-state index contributed by atoms with van der Waals surface area (Å²) in [5, 5.41) is 4.95. The van der Waals surface area contributed by atoms with Gasteiger partial charge < -0.3 is 15.4 Å². The van der Waals surface area contributed by atoms with Gasteiger partial charge in [0, 0.05) is 23.7 Å². The van der Waals surface area contributed by atoms with Crippen LogP contribution in [0.5, 0.6) is 0 Å². The van der Waals surface area contributed by atoms with Crippen molar-refractivity contribution in [1.29, 1.82) is 0 Å². The summed E-state index contributed by atoms with van der Waals surface area (Å²) in [4.78, 5) is 37.2. The average Bonchev–Trinajstić information content (AvgIpc) is 3.18. The van der Waals surface area contributed by atoms with Crippen molar-refractivity contribution in [3.63, 3.8) is 0 Å². The second-order valence-electron chi connectivity index (χ2n) is 6.42. The summed E-state index contributed by atoms with van der Waals surface area (Å²) < 4.78 is 31.1. The first-order chi connectivity index (χ1) is 14.7. The minimum absolute atomic E-state index is 0.123. The first-order valence-corrected chi connectivity index (χ1v) is 11.8. The minimum atomic E-state index is -3.58. The van der Waals surface area contributed by atoms with Crippen LogP contribution in [0.25, 0.3) is 0 Å². The number of aryl methyl sites for hydroxylation is 1. The Labute approximate surface area is 185 Å². The second kappa shape index (κ2) is 11.0. The Bertz CT molecular complexity index is 1030. The molecule has 0 unspecified atom stereocenters. The molecule has 1 heterocycles. The third-order valence-electron chi connectivity index (χ3n) is 4.20. The van der Waals surface area contributed by atoms with Crippen molar-refractivity contribution in [2.24, 2.45) is 0 Å². The van der Waals surface area contributed by atoms with Gasteiger partial charge in [-0.1, -0.05) is 13.8 Å². The van der Waals surface area contributed by atoms with Crippen molar-refractivity contribution in [1.82, 2.24) is 9.62 Å². The molecule has 31 heavy (non-hydrogen) atoms. The van der Waals surface area contributed by atoms with Crippen LogP contribution in [-0.2, 0) is 24.3 Å². The van der Waals surface area contributed by atoms with Crippen LogP contribution in [0.4, 0.5) is 5.69 Å². The fourth-order valence-corrected chi connectivity index (χ4v) is 4.86. The van der Waals surface area contributed by atoms with E-state index in [1.165, 1.54) is 39.9 Å². The van der Waals surface area contributed by atoms with Crippen LogP contribution < -0.4 is 10.6 Å². The zero-order valence-corrected chi connectivity index (χ0v) is 19.1. The van der Waals surface area contributed by atoms with Crippen molar-refractivity contribution >= 4 is 44.8 Å². The maximum Gasteiger partial charge on any atom is 0.325 e. The Morgan fingerprint density at radius 3 is 2.23 bits per heavy atom. The number of esters is 1. The molecule has 9 nitrogen and oxygen atoms in total. The molecule has 0 saturated heterocycles. The lowest BCUT2D eigenvalue weighted by Gasteiger charge is -2.18. The normalized spacial score (nSPS) is 11.2. The fraction of sp³-hybridized carbons (Fsp3) is 0.350. The SMILES string of the molecule is CCN(CC)S(=O)(=O)c1ccc(NC(=O)COC(=O)CNC(=O)c2ccc(C)s2)cc1. The molecular weight excluding hydrogens is 442 g/mol. The number of anilines is 1. The van der Waals surface area contributed by atoms with E-state index in [-0.39, 0.29) is 17.3 Å². The van der Waals surface area contributed by atoms with Gasteiger partial charge in [0.2, 0.25) is 10.0 Å². The van der Waals surface area contributed by atoms with Crippen LogP contribution in [-0.4, -0.2) is 56.7 Å². The summed E-state index contributed by atoms with van der Waals surface area (Å²) in [7, 11) is -3.58. The molecule has 0 fully saturated rings. The Morgan fingerprint density at radius 2 is 1.68 bits per heavy atom. The number of amides is 2. The highest BCUT2D eigenvalue weighted by Crippen LogP contribution is 2.18. The van der Waals surface area contributed by atoms with Gasteiger partial charge in [0.05, 0.1) is 9.77 Å². The molecule has 2 N–H and O–H groups in total. The van der Waals surface area contributed by atoms with Crippen molar-refractivity contribution in [2.75, 3.05) is 31.6 Å². The van der Waals surface area contributed by atoms with E-state index in [2.05, 4.69) is 10.6 Å². The summed E-state index contributed by atoms with van der Waals surface area (Å²) in [6, 6.07) is 9.17. The van der Waals surface area contributed by atoms with E-state index in [1.54, 1.807) is 26.0 Å². The highest BCUT2D eigenvalue weighted by molar-refractivity contribution is 7.89. The molecule has 2 amide bonds. The number of thiophene rings is 1. The molecule has 168 valence electrons. The van der Waals surface area contributed by atoms with E-state index >= 15 is 0 Å². The molecule has 2 aromatic rings. The molecule has 2 rings (SSSR count). The predicted molar refractivity (Wildman–Crippen MR) is 118 cm³/mol. The zero-order chi connectivity index (χ0) is 23.0. The third-order valence-corrected chi connectivity index (χ3v) is 7.27. The summed E-state index contributed by atoms with van der Waals surface area (Å²) >= 11 is 1.30. The monoisotopic (exact) mass is 467 g/mol. The van der Waals surface area contributed by atoms with Gasteiger partial charge in [0.25, 0.3) is 11.8 Å². The molecule has 0 saturated carbocycles. The molecule has 1 aromatic carbocycles. The van der Waals surface area contributed by atoms with E-state index in [4.69, 9.17) is 4.74 Å². The third kappa shape index (κ3) is 6.88. The lowest BCUT2D eigenvalue weighted by molar-refractivity contribution is -0.146. The van der Waals surface area contributed by atoms with Crippen LogP contribution in [0, 0.1) is 6.92 Å². The number of sulfonamides is 1. The number of benzene rings is 1. The van der Waals surface area contributed by atoms with E-state index in [1.807, 2.05) is 6.92 Å². The van der Waals surface area contributed by atoms with Crippen LogP contribution >= 0.6 is 11.3 Å². The largest absolute Gasteiger partial charge is 0.454 e. The molecule has 0 aliphatic carbocycles. The van der Waals surface area contributed by atoms with Gasteiger partial charge in [0.15, 0.2) is 6.61 Å². The van der Waals surface area contributed by atoms with E-state index in [0.717, 1.165) is 4.88 Å². The summed E-state index contributed by atoms with van der Waals surface area (Å²) in [5.41, 5.74) is 0.362. The quantitative estimate of drug-likeness (QED) is 0.516. The standard InChI is InChI=1S/C20H25N3O6S2/c1-4-23(5-2)31(27,28)16-9-7-15(8-10-16)22-18(24)13-29-19(25)12-21-20(26)17-11-6-14(3)30-17/h6-11H,4-5,12-13H2,1-3H3,(H,21,26)(H,22,24). The predicted octanol–water partition coefficient (Wildman–Crippen LogP) is 2.00. The van der Waals surface area contributed by atoms with E-state index < -0.39 is 28.5 Å². The number of nitrogens with one attached hydrogen (secondary N) is 2. The molecule has 0 aliphatic heterocycles. The number of carbonyl (C=O) groups is 3. The number of nitrogens with zero attached hydrogens (tertiary/aromatic N) is 1. The molecule has 0 aliphatic rings. The number of rotatable bonds is 10. The number of hydrogen-bond acceptors (Lipinski definition) is 7. The van der Waals surface area contributed by atoms with Gasteiger partial charge in [-0.25, -0.2) is 8.42 Å². The molecule has 1 aromatic heterocycles. The Morgan fingerprint density at radius 1 is 1.03 bits per heavy atom. The number of carbonyl (C=O) groups excluding carboxylic acids is 3. The minimum Gasteiger partial charge on any atom is -0.454 e. The van der Waals surface area contributed by atoms with Gasteiger partial charge in [-0.15, -0.1) is 11.3 Å². The maximum atomic E-state index is 12.5. The Hall–Kier alpha value is -2.76. The molecule has 0 atom stereocenters. The van der Waals surface area contributed by atoms with Crippen molar-refractivity contribution in [2.45, 2.75) is 25.7 Å².